The van der Waals surface area contributed by atoms with Gasteiger partial charge in [-0.25, -0.2) is 15.0 Å². The first-order valence-corrected chi connectivity index (χ1v) is 5.72. The third-order valence-electron chi connectivity index (χ3n) is 2.88. The maximum absolute atomic E-state index is 5.85. The Morgan fingerprint density at radius 3 is 2.82 bits per heavy atom. The first-order valence-electron chi connectivity index (χ1n) is 5.72. The molecule has 0 radical (unpaired) electrons. The van der Waals surface area contributed by atoms with Crippen LogP contribution in [0.4, 0.5) is 5.82 Å². The minimum atomic E-state index is 0.388. The standard InChI is InChI=1S/C13H16N4/c1-10(12-3-2-7-16-13(12)14)4-5-11-6-8-15-9-17-11/h2-3,6-10H,4-5H2,1H3,(H2,14,16)/t10-/m1/s1. The van der Waals surface area contributed by atoms with Gasteiger partial charge in [-0.3, -0.25) is 0 Å². The maximum Gasteiger partial charge on any atom is 0.126 e. The molecule has 4 nitrogen and oxygen atoms in total. The van der Waals surface area contributed by atoms with E-state index in [0.717, 1.165) is 24.1 Å². The van der Waals surface area contributed by atoms with Crippen molar-refractivity contribution >= 4 is 5.82 Å². The average molecular weight is 228 g/mol. The van der Waals surface area contributed by atoms with Gasteiger partial charge in [-0.05, 0) is 36.5 Å². The van der Waals surface area contributed by atoms with Gasteiger partial charge in [0.25, 0.3) is 0 Å². The topological polar surface area (TPSA) is 64.7 Å². The predicted octanol–water partition coefficient (Wildman–Crippen LogP) is 2.19. The summed E-state index contributed by atoms with van der Waals surface area (Å²) in [7, 11) is 0. The van der Waals surface area contributed by atoms with Crippen molar-refractivity contribution in [3.63, 3.8) is 0 Å². The summed E-state index contributed by atoms with van der Waals surface area (Å²) in [6, 6.07) is 5.90. The molecule has 0 saturated carbocycles. The maximum atomic E-state index is 5.85. The van der Waals surface area contributed by atoms with E-state index in [-0.39, 0.29) is 0 Å². The third-order valence-corrected chi connectivity index (χ3v) is 2.88. The summed E-state index contributed by atoms with van der Waals surface area (Å²) in [5, 5.41) is 0. The molecule has 1 atom stereocenters. The van der Waals surface area contributed by atoms with E-state index in [1.807, 2.05) is 18.2 Å². The number of pyridine rings is 1. The molecule has 2 aromatic rings. The van der Waals surface area contributed by atoms with Gasteiger partial charge in [0.1, 0.15) is 12.1 Å². The van der Waals surface area contributed by atoms with Gasteiger partial charge in [-0.15, -0.1) is 0 Å². The molecule has 0 aliphatic heterocycles. The van der Waals surface area contributed by atoms with Gasteiger partial charge in [-0.2, -0.15) is 0 Å². The van der Waals surface area contributed by atoms with Gasteiger partial charge in [0.05, 0.1) is 0 Å². The van der Waals surface area contributed by atoms with Crippen LogP contribution in [-0.4, -0.2) is 15.0 Å². The second-order valence-electron chi connectivity index (χ2n) is 4.12. The molecule has 88 valence electrons. The van der Waals surface area contributed by atoms with Crippen LogP contribution in [0.1, 0.15) is 30.5 Å². The fourth-order valence-electron chi connectivity index (χ4n) is 1.83. The zero-order chi connectivity index (χ0) is 12.1. The zero-order valence-corrected chi connectivity index (χ0v) is 9.87. The molecular weight excluding hydrogens is 212 g/mol. The van der Waals surface area contributed by atoms with Crippen LogP contribution in [0.5, 0.6) is 0 Å². The Balaban J connectivity index is 1.99. The smallest absolute Gasteiger partial charge is 0.126 e. The van der Waals surface area contributed by atoms with Crippen LogP contribution in [0, 0.1) is 0 Å². The number of hydrogen-bond donors (Lipinski definition) is 1. The Kier molecular flexibility index (Phi) is 3.65. The molecule has 17 heavy (non-hydrogen) atoms. The fourth-order valence-corrected chi connectivity index (χ4v) is 1.83. The Morgan fingerprint density at radius 2 is 2.12 bits per heavy atom. The van der Waals surface area contributed by atoms with Crippen molar-refractivity contribution in [2.24, 2.45) is 0 Å². The number of hydrogen-bond acceptors (Lipinski definition) is 4. The van der Waals surface area contributed by atoms with E-state index in [1.54, 1.807) is 18.7 Å². The van der Waals surface area contributed by atoms with Crippen LogP contribution in [-0.2, 0) is 6.42 Å². The number of nitrogens with zero attached hydrogens (tertiary/aromatic N) is 3. The molecule has 2 aromatic heterocycles. The highest BCUT2D eigenvalue weighted by molar-refractivity contribution is 5.40. The van der Waals surface area contributed by atoms with E-state index < -0.39 is 0 Å². The van der Waals surface area contributed by atoms with E-state index in [2.05, 4.69) is 21.9 Å². The molecule has 0 fully saturated rings. The molecule has 0 amide bonds. The van der Waals surface area contributed by atoms with Crippen molar-refractivity contribution in [2.45, 2.75) is 25.7 Å². The normalized spacial score (nSPS) is 12.3. The molecule has 0 bridgehead atoms. The zero-order valence-electron chi connectivity index (χ0n) is 9.87. The van der Waals surface area contributed by atoms with Crippen molar-refractivity contribution < 1.29 is 0 Å². The van der Waals surface area contributed by atoms with E-state index >= 15 is 0 Å². The SMILES string of the molecule is C[C@H](CCc1ccncn1)c1cccnc1N. The van der Waals surface area contributed by atoms with Crippen LogP contribution in [0.15, 0.2) is 36.9 Å². The molecule has 0 saturated heterocycles. The van der Waals surface area contributed by atoms with Gasteiger partial charge in [-0.1, -0.05) is 13.0 Å². The summed E-state index contributed by atoms with van der Waals surface area (Å²) in [5.41, 5.74) is 8.03. The first kappa shape index (κ1) is 11.5. The van der Waals surface area contributed by atoms with E-state index in [1.165, 1.54) is 0 Å². The first-order chi connectivity index (χ1) is 8.27. The lowest BCUT2D eigenvalue weighted by molar-refractivity contribution is 0.669. The van der Waals surface area contributed by atoms with Gasteiger partial charge in [0.2, 0.25) is 0 Å². The summed E-state index contributed by atoms with van der Waals surface area (Å²) in [6.07, 6.45) is 7.00. The fraction of sp³-hybridized carbons (Fsp3) is 0.308. The van der Waals surface area contributed by atoms with Gasteiger partial charge < -0.3 is 5.73 Å². The molecule has 0 aliphatic carbocycles. The molecule has 2 rings (SSSR count). The van der Waals surface area contributed by atoms with Crippen LogP contribution in [0.25, 0.3) is 0 Å². The number of nitrogen functional groups attached to an aromatic ring is 1. The second-order valence-corrected chi connectivity index (χ2v) is 4.12. The molecular formula is C13H16N4. The quantitative estimate of drug-likeness (QED) is 0.871. The minimum absolute atomic E-state index is 0.388. The Labute approximate surface area is 101 Å². The lowest BCUT2D eigenvalue weighted by atomic mass is 9.96. The highest BCUT2D eigenvalue weighted by Gasteiger charge is 2.09. The van der Waals surface area contributed by atoms with Crippen molar-refractivity contribution in [1.29, 1.82) is 0 Å². The number of anilines is 1. The Bertz CT molecular complexity index is 470. The predicted molar refractivity (Wildman–Crippen MR) is 67.4 cm³/mol. The van der Waals surface area contributed by atoms with Gasteiger partial charge in [0, 0.05) is 18.1 Å². The van der Waals surface area contributed by atoms with Gasteiger partial charge >= 0.3 is 0 Å². The monoisotopic (exact) mass is 228 g/mol. The van der Waals surface area contributed by atoms with Crippen molar-refractivity contribution in [1.82, 2.24) is 15.0 Å². The number of nitrogens with two attached hydrogens (primary N) is 1. The number of aromatic nitrogens is 3. The molecule has 0 unspecified atom stereocenters. The summed E-state index contributed by atoms with van der Waals surface area (Å²) < 4.78 is 0. The average Bonchev–Trinajstić information content (AvgIpc) is 2.38. The Morgan fingerprint density at radius 1 is 1.24 bits per heavy atom. The van der Waals surface area contributed by atoms with Crippen LogP contribution in [0.3, 0.4) is 0 Å². The third kappa shape index (κ3) is 3.00. The van der Waals surface area contributed by atoms with E-state index in [9.17, 15) is 0 Å². The second kappa shape index (κ2) is 5.39. The number of rotatable bonds is 4. The summed E-state index contributed by atoms with van der Waals surface area (Å²) in [4.78, 5) is 12.2. The highest BCUT2D eigenvalue weighted by atomic mass is 14.8. The van der Waals surface area contributed by atoms with Crippen LogP contribution >= 0.6 is 0 Å². The molecule has 4 heteroatoms. The largest absolute Gasteiger partial charge is 0.383 e. The van der Waals surface area contributed by atoms with Crippen LogP contribution < -0.4 is 5.73 Å². The molecule has 0 aliphatic rings. The summed E-state index contributed by atoms with van der Waals surface area (Å²) in [6.45, 7) is 2.16. The van der Waals surface area contributed by atoms with Gasteiger partial charge in [0.15, 0.2) is 0 Å². The van der Waals surface area contributed by atoms with E-state index in [0.29, 0.717) is 11.7 Å². The molecule has 0 spiro atoms. The molecule has 2 N–H and O–H groups in total. The summed E-state index contributed by atoms with van der Waals surface area (Å²) >= 11 is 0. The Hall–Kier alpha value is -1.97. The van der Waals surface area contributed by atoms with Crippen molar-refractivity contribution in [3.8, 4) is 0 Å². The molecule has 0 aromatic carbocycles. The lowest BCUT2D eigenvalue weighted by Crippen LogP contribution is -2.03. The van der Waals surface area contributed by atoms with E-state index in [4.69, 9.17) is 5.73 Å². The van der Waals surface area contributed by atoms with Crippen molar-refractivity contribution in [3.05, 3.63) is 48.2 Å². The minimum Gasteiger partial charge on any atom is -0.383 e. The number of aryl methyl sites for hydroxylation is 1. The van der Waals surface area contributed by atoms with Crippen molar-refractivity contribution in [2.75, 3.05) is 5.73 Å². The summed E-state index contributed by atoms with van der Waals surface area (Å²) in [5.74, 6) is 1.02. The highest BCUT2D eigenvalue weighted by Crippen LogP contribution is 2.23. The molecule has 2 heterocycles. The lowest BCUT2D eigenvalue weighted by Gasteiger charge is -2.12. The van der Waals surface area contributed by atoms with Crippen LogP contribution in [0.2, 0.25) is 0 Å².